The normalized spacial score (nSPS) is 13.9. The van der Waals surface area contributed by atoms with Crippen LogP contribution in [0.15, 0.2) is 51.8 Å². The molecule has 29 heavy (non-hydrogen) atoms. The second-order valence-electron chi connectivity index (χ2n) is 8.40. The van der Waals surface area contributed by atoms with Crippen LogP contribution in [0.5, 0.6) is 0 Å². The molecule has 0 spiro atoms. The topological polar surface area (TPSA) is 68.5 Å². The molecule has 0 radical (unpaired) electrons. The van der Waals surface area contributed by atoms with Gasteiger partial charge in [-0.1, -0.05) is 38.0 Å². The number of furan rings is 1. The van der Waals surface area contributed by atoms with Crippen LogP contribution in [-0.2, 0) is 14.8 Å². The number of methoxy groups -OCH3 is 1. The van der Waals surface area contributed by atoms with Crippen molar-refractivity contribution < 1.29 is 17.6 Å². The number of rotatable bonds is 10. The van der Waals surface area contributed by atoms with Crippen LogP contribution in [-0.4, -0.2) is 27.7 Å². The van der Waals surface area contributed by atoms with Gasteiger partial charge in [0.1, 0.15) is 11.2 Å². The molecular formula is C23H31NO4S. The highest BCUT2D eigenvalue weighted by Crippen LogP contribution is 2.30. The molecule has 0 fully saturated rings. The number of para-hydroxylation sites is 1. The highest BCUT2D eigenvalue weighted by molar-refractivity contribution is 7.89. The van der Waals surface area contributed by atoms with Gasteiger partial charge in [-0.3, -0.25) is 0 Å². The molecule has 158 valence electrons. The lowest BCUT2D eigenvalue weighted by molar-refractivity contribution is 0.0127. The largest absolute Gasteiger partial charge is 0.456 e. The highest BCUT2D eigenvalue weighted by atomic mass is 32.2. The minimum absolute atomic E-state index is 0.1000. The minimum atomic E-state index is -3.55. The smallest absolute Gasteiger partial charge is 0.240 e. The minimum Gasteiger partial charge on any atom is -0.456 e. The van der Waals surface area contributed by atoms with Gasteiger partial charge in [-0.05, 0) is 56.9 Å². The van der Waals surface area contributed by atoms with Crippen molar-refractivity contribution in [3.63, 3.8) is 0 Å². The van der Waals surface area contributed by atoms with Crippen LogP contribution < -0.4 is 4.72 Å². The fourth-order valence-corrected chi connectivity index (χ4v) is 4.59. The Morgan fingerprint density at radius 2 is 1.79 bits per heavy atom. The Bertz CT molecular complexity index is 1070. The molecule has 5 nitrogen and oxygen atoms in total. The lowest BCUT2D eigenvalue weighted by atomic mass is 9.95. The first-order valence-electron chi connectivity index (χ1n) is 10.2. The predicted molar refractivity (Wildman–Crippen MR) is 118 cm³/mol. The zero-order valence-corrected chi connectivity index (χ0v) is 18.5. The number of sulfonamides is 1. The summed E-state index contributed by atoms with van der Waals surface area (Å²) in [5, 5.41) is 1.74. The molecule has 0 aliphatic carbocycles. The first-order chi connectivity index (χ1) is 13.7. The number of nitrogens with one attached hydrogen (secondary N) is 1. The molecule has 0 aliphatic heterocycles. The van der Waals surface area contributed by atoms with Crippen LogP contribution in [0.2, 0.25) is 0 Å². The van der Waals surface area contributed by atoms with E-state index >= 15 is 0 Å². The molecule has 1 atom stereocenters. The van der Waals surface area contributed by atoms with E-state index < -0.39 is 10.0 Å². The monoisotopic (exact) mass is 417 g/mol. The van der Waals surface area contributed by atoms with E-state index in [1.54, 1.807) is 25.3 Å². The van der Waals surface area contributed by atoms with E-state index in [2.05, 4.69) is 25.5 Å². The summed E-state index contributed by atoms with van der Waals surface area (Å²) < 4.78 is 39.5. The fraction of sp³-hybridized carbons (Fsp3) is 0.478. The Balaban J connectivity index is 1.59. The summed E-state index contributed by atoms with van der Waals surface area (Å²) in [4.78, 5) is 0.269. The van der Waals surface area contributed by atoms with E-state index in [1.165, 1.54) is 0 Å². The van der Waals surface area contributed by atoms with Crippen molar-refractivity contribution in [1.29, 1.82) is 0 Å². The molecule has 0 unspecified atom stereocenters. The Labute approximate surface area is 173 Å². The van der Waals surface area contributed by atoms with Gasteiger partial charge in [0.15, 0.2) is 0 Å². The Kier molecular flexibility index (Phi) is 6.66. The summed E-state index contributed by atoms with van der Waals surface area (Å²) in [6.45, 7) is 6.77. The molecule has 6 heteroatoms. The predicted octanol–water partition coefficient (Wildman–Crippen LogP) is 5.49. The van der Waals surface area contributed by atoms with Crippen LogP contribution in [0.25, 0.3) is 21.9 Å². The summed E-state index contributed by atoms with van der Waals surface area (Å²) in [5.74, 6) is 0.450. The fourth-order valence-electron chi connectivity index (χ4n) is 3.52. The molecule has 3 aromatic rings. The van der Waals surface area contributed by atoms with Gasteiger partial charge in [-0.25, -0.2) is 13.1 Å². The number of ether oxygens (including phenoxy) is 1. The van der Waals surface area contributed by atoms with Crippen LogP contribution in [0.4, 0.5) is 0 Å². The van der Waals surface area contributed by atoms with Crippen molar-refractivity contribution in [2.45, 2.75) is 57.0 Å². The van der Waals surface area contributed by atoms with Gasteiger partial charge in [-0.15, -0.1) is 0 Å². The molecule has 0 saturated heterocycles. The standard InChI is InChI=1S/C23H31NO4S/c1-17(8-7-14-23(2,3)27-4)13-15-24-29(25,26)18-11-12-22-20(16-18)19-9-5-6-10-21(19)28-22/h5-6,9-12,16-17,24H,7-8,13-15H2,1-4H3/t17-/m0/s1. The Hall–Kier alpha value is -1.89. The number of hydrogen-bond donors (Lipinski definition) is 1. The van der Waals surface area contributed by atoms with E-state index in [1.807, 2.05) is 24.3 Å². The third-order valence-corrected chi connectivity index (χ3v) is 7.07. The second kappa shape index (κ2) is 8.86. The first kappa shape index (κ1) is 21.8. The van der Waals surface area contributed by atoms with Crippen molar-refractivity contribution in [3.8, 4) is 0 Å². The van der Waals surface area contributed by atoms with E-state index in [4.69, 9.17) is 9.15 Å². The molecule has 0 bridgehead atoms. The van der Waals surface area contributed by atoms with Crippen LogP contribution in [0.1, 0.15) is 46.5 Å². The van der Waals surface area contributed by atoms with E-state index in [0.717, 1.165) is 42.0 Å². The third kappa shape index (κ3) is 5.38. The zero-order valence-electron chi connectivity index (χ0n) is 17.7. The van der Waals surface area contributed by atoms with Gasteiger partial charge >= 0.3 is 0 Å². The number of fused-ring (bicyclic) bond motifs is 3. The van der Waals surface area contributed by atoms with Crippen LogP contribution >= 0.6 is 0 Å². The molecular weight excluding hydrogens is 386 g/mol. The van der Waals surface area contributed by atoms with Gasteiger partial charge in [0.2, 0.25) is 10.0 Å². The van der Waals surface area contributed by atoms with Crippen molar-refractivity contribution >= 4 is 32.0 Å². The zero-order chi connectivity index (χ0) is 21.1. The van der Waals surface area contributed by atoms with E-state index in [-0.39, 0.29) is 10.5 Å². The van der Waals surface area contributed by atoms with Crippen LogP contribution in [0.3, 0.4) is 0 Å². The lowest BCUT2D eigenvalue weighted by Crippen LogP contribution is -2.26. The SMILES string of the molecule is COC(C)(C)CCC[C@H](C)CCNS(=O)(=O)c1ccc2oc3ccccc3c2c1. The summed E-state index contributed by atoms with van der Waals surface area (Å²) in [5.41, 5.74) is 1.35. The summed E-state index contributed by atoms with van der Waals surface area (Å²) in [6, 6.07) is 12.7. The first-order valence-corrected chi connectivity index (χ1v) is 11.7. The van der Waals surface area contributed by atoms with Crippen molar-refractivity contribution in [2.24, 2.45) is 5.92 Å². The molecule has 0 saturated carbocycles. The summed E-state index contributed by atoms with van der Waals surface area (Å²) >= 11 is 0. The van der Waals surface area contributed by atoms with Gasteiger partial charge in [0.25, 0.3) is 0 Å². The van der Waals surface area contributed by atoms with Gasteiger partial charge in [0, 0.05) is 24.4 Å². The van der Waals surface area contributed by atoms with Crippen LogP contribution in [0, 0.1) is 5.92 Å². The summed E-state index contributed by atoms with van der Waals surface area (Å²) in [6.07, 6.45) is 3.93. The molecule has 0 amide bonds. The Morgan fingerprint density at radius 1 is 1.07 bits per heavy atom. The average molecular weight is 418 g/mol. The maximum Gasteiger partial charge on any atom is 0.240 e. The lowest BCUT2D eigenvalue weighted by Gasteiger charge is -2.23. The summed E-state index contributed by atoms with van der Waals surface area (Å²) in [7, 11) is -1.82. The van der Waals surface area contributed by atoms with Crippen molar-refractivity contribution in [2.75, 3.05) is 13.7 Å². The molecule has 2 aromatic carbocycles. The maximum absolute atomic E-state index is 12.7. The van der Waals surface area contributed by atoms with Crippen molar-refractivity contribution in [3.05, 3.63) is 42.5 Å². The highest BCUT2D eigenvalue weighted by Gasteiger charge is 2.18. The number of benzene rings is 2. The van der Waals surface area contributed by atoms with Crippen molar-refractivity contribution in [1.82, 2.24) is 4.72 Å². The quantitative estimate of drug-likeness (QED) is 0.474. The van der Waals surface area contributed by atoms with E-state index in [0.29, 0.717) is 18.0 Å². The second-order valence-corrected chi connectivity index (χ2v) is 10.2. The van der Waals surface area contributed by atoms with Gasteiger partial charge in [0.05, 0.1) is 10.5 Å². The van der Waals surface area contributed by atoms with Gasteiger partial charge < -0.3 is 9.15 Å². The molecule has 1 heterocycles. The Morgan fingerprint density at radius 3 is 2.55 bits per heavy atom. The number of hydrogen-bond acceptors (Lipinski definition) is 4. The molecule has 1 aromatic heterocycles. The van der Waals surface area contributed by atoms with E-state index in [9.17, 15) is 8.42 Å². The average Bonchev–Trinajstić information content (AvgIpc) is 3.05. The third-order valence-electron chi connectivity index (χ3n) is 5.62. The molecule has 0 aliphatic rings. The molecule has 1 N–H and O–H groups in total. The maximum atomic E-state index is 12.7. The van der Waals surface area contributed by atoms with Gasteiger partial charge in [-0.2, -0.15) is 0 Å². The molecule has 3 rings (SSSR count).